The summed E-state index contributed by atoms with van der Waals surface area (Å²) in [6.45, 7) is 1.77. The van der Waals surface area contributed by atoms with Gasteiger partial charge < -0.3 is 14.4 Å². The van der Waals surface area contributed by atoms with Crippen molar-refractivity contribution in [3.8, 4) is 0 Å². The fraction of sp³-hybridized carbons (Fsp3) is 0.222. The van der Waals surface area contributed by atoms with Gasteiger partial charge in [-0.1, -0.05) is 30.3 Å². The number of hydrogen-bond acceptors (Lipinski definition) is 4. The molecule has 2 aromatic carbocycles. The number of nitrogens with zero attached hydrogens (tertiary/aromatic N) is 1. The molecule has 2 aromatic rings. The van der Waals surface area contributed by atoms with Crippen molar-refractivity contribution in [3.05, 3.63) is 65.7 Å². The maximum absolute atomic E-state index is 12.0. The third-order valence-corrected chi connectivity index (χ3v) is 3.78. The third kappa shape index (κ3) is 3.17. The highest BCUT2D eigenvalue weighted by Crippen LogP contribution is 2.23. The number of rotatable bonds is 5. The minimum Gasteiger partial charge on any atom is -0.457 e. The van der Waals surface area contributed by atoms with Gasteiger partial charge in [0.05, 0.1) is 5.56 Å². The van der Waals surface area contributed by atoms with Gasteiger partial charge in [-0.25, -0.2) is 4.79 Å². The highest BCUT2D eigenvalue weighted by atomic mass is 16.5. The van der Waals surface area contributed by atoms with Gasteiger partial charge in [0.2, 0.25) is 0 Å². The van der Waals surface area contributed by atoms with Crippen molar-refractivity contribution in [3.63, 3.8) is 0 Å². The molecule has 4 nitrogen and oxygen atoms in total. The standard InChI is InChI=1S/C18H17NO3/c20-12-15-10-19(11-15)17-8-6-16(7-9-17)18(21)22-13-14-4-2-1-3-5-14/h1-9,12,15H,10-11,13H2. The normalized spacial score (nSPS) is 14.3. The average molecular weight is 295 g/mol. The molecule has 0 radical (unpaired) electrons. The first-order valence-corrected chi connectivity index (χ1v) is 7.27. The van der Waals surface area contributed by atoms with Crippen LogP contribution in [0.4, 0.5) is 5.69 Å². The average Bonchev–Trinajstić information content (AvgIpc) is 2.53. The van der Waals surface area contributed by atoms with E-state index in [1.54, 1.807) is 12.1 Å². The molecule has 0 unspecified atom stereocenters. The first kappa shape index (κ1) is 14.3. The maximum atomic E-state index is 12.0. The summed E-state index contributed by atoms with van der Waals surface area (Å²) in [6, 6.07) is 16.9. The second-order valence-electron chi connectivity index (χ2n) is 5.41. The molecule has 0 aliphatic carbocycles. The monoisotopic (exact) mass is 295 g/mol. The number of benzene rings is 2. The highest BCUT2D eigenvalue weighted by molar-refractivity contribution is 5.89. The minimum atomic E-state index is -0.329. The lowest BCUT2D eigenvalue weighted by Gasteiger charge is -2.38. The Morgan fingerprint density at radius 1 is 1.09 bits per heavy atom. The summed E-state index contributed by atoms with van der Waals surface area (Å²) in [7, 11) is 0. The van der Waals surface area contributed by atoms with Gasteiger partial charge in [0.1, 0.15) is 12.9 Å². The molecule has 0 amide bonds. The van der Waals surface area contributed by atoms with E-state index in [4.69, 9.17) is 4.74 Å². The Kier molecular flexibility index (Phi) is 4.19. The molecule has 0 bridgehead atoms. The summed E-state index contributed by atoms with van der Waals surface area (Å²) >= 11 is 0. The Bertz CT molecular complexity index is 646. The van der Waals surface area contributed by atoms with Gasteiger partial charge in [0, 0.05) is 24.7 Å². The molecule has 1 aliphatic heterocycles. The van der Waals surface area contributed by atoms with Gasteiger partial charge in [-0.3, -0.25) is 0 Å². The topological polar surface area (TPSA) is 46.6 Å². The number of aldehydes is 1. The SMILES string of the molecule is O=CC1CN(c2ccc(C(=O)OCc3ccccc3)cc2)C1. The van der Waals surface area contributed by atoms with Crippen molar-refractivity contribution in [1.29, 1.82) is 0 Å². The summed E-state index contributed by atoms with van der Waals surface area (Å²) < 4.78 is 5.29. The molecule has 0 atom stereocenters. The van der Waals surface area contributed by atoms with E-state index in [-0.39, 0.29) is 18.5 Å². The van der Waals surface area contributed by atoms with Crippen LogP contribution in [0, 0.1) is 5.92 Å². The largest absolute Gasteiger partial charge is 0.457 e. The van der Waals surface area contributed by atoms with E-state index >= 15 is 0 Å². The zero-order valence-corrected chi connectivity index (χ0v) is 12.1. The summed E-state index contributed by atoms with van der Waals surface area (Å²) in [5, 5.41) is 0. The van der Waals surface area contributed by atoms with Crippen LogP contribution >= 0.6 is 0 Å². The zero-order chi connectivity index (χ0) is 15.4. The lowest BCUT2D eigenvalue weighted by Crippen LogP contribution is -2.47. The molecule has 1 fully saturated rings. The first-order valence-electron chi connectivity index (χ1n) is 7.27. The molecular weight excluding hydrogens is 278 g/mol. The molecule has 3 rings (SSSR count). The van der Waals surface area contributed by atoms with Crippen molar-refractivity contribution in [2.45, 2.75) is 6.61 Å². The van der Waals surface area contributed by atoms with Crippen molar-refractivity contribution in [1.82, 2.24) is 0 Å². The van der Waals surface area contributed by atoms with Crippen molar-refractivity contribution in [2.75, 3.05) is 18.0 Å². The van der Waals surface area contributed by atoms with Crippen LogP contribution in [0.25, 0.3) is 0 Å². The van der Waals surface area contributed by atoms with Crippen LogP contribution < -0.4 is 4.90 Å². The van der Waals surface area contributed by atoms with Gasteiger partial charge in [-0.2, -0.15) is 0 Å². The number of hydrogen-bond donors (Lipinski definition) is 0. The maximum Gasteiger partial charge on any atom is 0.338 e. The lowest BCUT2D eigenvalue weighted by molar-refractivity contribution is -0.111. The van der Waals surface area contributed by atoms with Crippen molar-refractivity contribution < 1.29 is 14.3 Å². The van der Waals surface area contributed by atoms with Gasteiger partial charge in [0.25, 0.3) is 0 Å². The molecular formula is C18H17NO3. The molecule has 1 saturated heterocycles. The molecule has 22 heavy (non-hydrogen) atoms. The highest BCUT2D eigenvalue weighted by Gasteiger charge is 2.26. The van der Waals surface area contributed by atoms with Gasteiger partial charge >= 0.3 is 5.97 Å². The summed E-state index contributed by atoms with van der Waals surface area (Å²) in [4.78, 5) is 24.7. The van der Waals surface area contributed by atoms with E-state index in [9.17, 15) is 9.59 Å². The van der Waals surface area contributed by atoms with Crippen LogP contribution in [-0.4, -0.2) is 25.3 Å². The van der Waals surface area contributed by atoms with Gasteiger partial charge in [-0.05, 0) is 29.8 Å². The molecule has 0 aromatic heterocycles. The Morgan fingerprint density at radius 2 is 1.77 bits per heavy atom. The van der Waals surface area contributed by atoms with Gasteiger partial charge in [0.15, 0.2) is 0 Å². The van der Waals surface area contributed by atoms with Crippen LogP contribution in [0.2, 0.25) is 0 Å². The second kappa shape index (κ2) is 6.43. The molecule has 0 spiro atoms. The number of anilines is 1. The van der Waals surface area contributed by atoms with Crippen LogP contribution in [-0.2, 0) is 16.1 Å². The molecule has 0 saturated carbocycles. The molecule has 1 heterocycles. The van der Waals surface area contributed by atoms with E-state index in [0.29, 0.717) is 5.56 Å². The first-order chi connectivity index (χ1) is 10.8. The fourth-order valence-electron chi connectivity index (χ4n) is 2.42. The quantitative estimate of drug-likeness (QED) is 0.628. The third-order valence-electron chi connectivity index (χ3n) is 3.78. The summed E-state index contributed by atoms with van der Waals surface area (Å²) in [6.07, 6.45) is 0.992. The van der Waals surface area contributed by atoms with Crippen molar-refractivity contribution in [2.24, 2.45) is 5.92 Å². The lowest BCUT2D eigenvalue weighted by atomic mass is 10.0. The predicted octanol–water partition coefficient (Wildman–Crippen LogP) is 2.68. The van der Waals surface area contributed by atoms with Crippen molar-refractivity contribution >= 4 is 17.9 Å². The number of carbonyl (C=O) groups is 2. The Balaban J connectivity index is 1.56. The number of carbonyl (C=O) groups excluding carboxylic acids is 2. The Hall–Kier alpha value is -2.62. The van der Waals surface area contributed by atoms with E-state index in [1.165, 1.54) is 0 Å². The number of esters is 1. The van der Waals surface area contributed by atoms with E-state index in [1.807, 2.05) is 42.5 Å². The smallest absolute Gasteiger partial charge is 0.338 e. The second-order valence-corrected chi connectivity index (χ2v) is 5.41. The molecule has 0 N–H and O–H groups in total. The summed E-state index contributed by atoms with van der Waals surface area (Å²) in [5.41, 5.74) is 2.53. The van der Waals surface area contributed by atoms with E-state index in [2.05, 4.69) is 4.90 Å². The van der Waals surface area contributed by atoms with Crippen LogP contribution in [0.3, 0.4) is 0 Å². The van der Waals surface area contributed by atoms with Crippen LogP contribution in [0.15, 0.2) is 54.6 Å². The Morgan fingerprint density at radius 3 is 2.41 bits per heavy atom. The van der Waals surface area contributed by atoms with Crippen LogP contribution in [0.1, 0.15) is 15.9 Å². The van der Waals surface area contributed by atoms with E-state index < -0.39 is 0 Å². The summed E-state index contributed by atoms with van der Waals surface area (Å²) in [5.74, 6) is -0.194. The zero-order valence-electron chi connectivity index (χ0n) is 12.1. The minimum absolute atomic E-state index is 0.135. The van der Waals surface area contributed by atoms with Gasteiger partial charge in [-0.15, -0.1) is 0 Å². The molecule has 112 valence electrons. The molecule has 1 aliphatic rings. The molecule has 4 heteroatoms. The van der Waals surface area contributed by atoms with E-state index in [0.717, 1.165) is 30.6 Å². The fourth-order valence-corrected chi connectivity index (χ4v) is 2.42. The predicted molar refractivity (Wildman–Crippen MR) is 83.8 cm³/mol. The van der Waals surface area contributed by atoms with Crippen LogP contribution in [0.5, 0.6) is 0 Å². The Labute approximate surface area is 129 Å². The number of ether oxygens (including phenoxy) is 1.